The van der Waals surface area contributed by atoms with Gasteiger partial charge in [-0.3, -0.25) is 20.2 Å². The van der Waals surface area contributed by atoms with Crippen LogP contribution in [0.3, 0.4) is 0 Å². The topological polar surface area (TPSA) is 162 Å². The van der Waals surface area contributed by atoms with Gasteiger partial charge in [-0.05, 0) is 20.8 Å². The summed E-state index contributed by atoms with van der Waals surface area (Å²) in [5, 5.41) is 21.7. The monoisotopic (exact) mass is 404 g/mol. The number of benzene rings is 1. The molecule has 0 heterocycles. The lowest BCUT2D eigenvalue weighted by Gasteiger charge is -2.24. The molecule has 0 bridgehead atoms. The molecule has 0 saturated carbocycles. The summed E-state index contributed by atoms with van der Waals surface area (Å²) in [6.07, 6.45) is -0.660. The third-order valence-electron chi connectivity index (χ3n) is 3.05. The van der Waals surface area contributed by atoms with Crippen molar-refractivity contribution in [2.24, 2.45) is 0 Å². The predicted molar refractivity (Wildman–Crippen MR) is 93.8 cm³/mol. The van der Waals surface area contributed by atoms with Crippen LogP contribution in [0.4, 0.5) is 16.2 Å². The molecule has 150 valence electrons. The van der Waals surface area contributed by atoms with Gasteiger partial charge in [-0.2, -0.15) is 0 Å². The van der Waals surface area contributed by atoms with Gasteiger partial charge in [0.25, 0.3) is 11.4 Å². The fourth-order valence-corrected chi connectivity index (χ4v) is 2.87. The van der Waals surface area contributed by atoms with Crippen LogP contribution in [0.25, 0.3) is 0 Å². The number of non-ortho nitro benzene ring substituents is 2. The smallest absolute Gasteiger partial charge is 0.410 e. The highest BCUT2D eigenvalue weighted by Gasteiger charge is 2.24. The molecule has 0 unspecified atom stereocenters. The van der Waals surface area contributed by atoms with Gasteiger partial charge in [0.05, 0.1) is 20.8 Å². The molecule has 0 aromatic heterocycles. The highest BCUT2D eigenvalue weighted by molar-refractivity contribution is 7.89. The summed E-state index contributed by atoms with van der Waals surface area (Å²) in [5.41, 5.74) is -2.17. The average molecular weight is 404 g/mol. The molecular weight excluding hydrogens is 384 g/mol. The number of carbonyl (C=O) groups is 1. The Hall–Kier alpha value is -2.80. The molecule has 1 N–H and O–H groups in total. The van der Waals surface area contributed by atoms with Gasteiger partial charge in [0.15, 0.2) is 0 Å². The van der Waals surface area contributed by atoms with Crippen LogP contribution in [-0.2, 0) is 14.8 Å². The van der Waals surface area contributed by atoms with Crippen LogP contribution in [0.5, 0.6) is 0 Å². The van der Waals surface area contributed by atoms with Gasteiger partial charge in [0.1, 0.15) is 5.60 Å². The molecular formula is C14H20N4O8S. The van der Waals surface area contributed by atoms with Gasteiger partial charge >= 0.3 is 6.09 Å². The van der Waals surface area contributed by atoms with E-state index in [-0.39, 0.29) is 13.1 Å². The van der Waals surface area contributed by atoms with Gasteiger partial charge in [0.2, 0.25) is 10.0 Å². The number of nitrogens with zero attached hydrogens (tertiary/aromatic N) is 3. The lowest BCUT2D eigenvalue weighted by Crippen LogP contribution is -2.39. The second-order valence-corrected chi connectivity index (χ2v) is 8.27. The molecule has 0 spiro atoms. The molecule has 0 atom stereocenters. The van der Waals surface area contributed by atoms with Crippen LogP contribution in [0, 0.1) is 20.2 Å². The highest BCUT2D eigenvalue weighted by Crippen LogP contribution is 2.25. The number of carbonyl (C=O) groups excluding carboxylic acids is 1. The van der Waals surface area contributed by atoms with Gasteiger partial charge in [-0.1, -0.05) is 0 Å². The molecule has 13 heteroatoms. The van der Waals surface area contributed by atoms with E-state index in [0.29, 0.717) is 18.2 Å². The Morgan fingerprint density at radius 1 is 1.15 bits per heavy atom. The van der Waals surface area contributed by atoms with E-state index < -0.39 is 47.8 Å². The molecule has 0 aliphatic carbocycles. The summed E-state index contributed by atoms with van der Waals surface area (Å²) >= 11 is 0. The van der Waals surface area contributed by atoms with E-state index in [9.17, 15) is 33.4 Å². The quantitative estimate of drug-likeness (QED) is 0.529. The minimum absolute atomic E-state index is 0.0504. The van der Waals surface area contributed by atoms with E-state index in [1.165, 1.54) is 7.05 Å². The lowest BCUT2D eigenvalue weighted by molar-refractivity contribution is -0.394. The number of hydrogen-bond acceptors (Lipinski definition) is 8. The van der Waals surface area contributed by atoms with Crippen molar-refractivity contribution in [2.75, 3.05) is 20.1 Å². The van der Waals surface area contributed by atoms with Crippen molar-refractivity contribution in [1.82, 2.24) is 9.62 Å². The number of hydrogen-bond donors (Lipinski definition) is 1. The summed E-state index contributed by atoms with van der Waals surface area (Å²) in [7, 11) is -2.86. The molecule has 0 saturated heterocycles. The van der Waals surface area contributed by atoms with Crippen LogP contribution in [0.2, 0.25) is 0 Å². The summed E-state index contributed by atoms with van der Waals surface area (Å²) in [5.74, 6) is 0. The first kappa shape index (κ1) is 22.2. The van der Waals surface area contributed by atoms with E-state index in [4.69, 9.17) is 4.74 Å². The predicted octanol–water partition coefficient (Wildman–Crippen LogP) is 1.65. The Morgan fingerprint density at radius 3 is 2.04 bits per heavy atom. The fourth-order valence-electron chi connectivity index (χ4n) is 1.80. The zero-order valence-electron chi connectivity index (χ0n) is 15.2. The molecule has 1 aromatic rings. The summed E-state index contributed by atoms with van der Waals surface area (Å²) in [6.45, 7) is 4.75. The summed E-state index contributed by atoms with van der Waals surface area (Å²) < 4.78 is 31.8. The van der Waals surface area contributed by atoms with Crippen molar-refractivity contribution in [3.63, 3.8) is 0 Å². The van der Waals surface area contributed by atoms with Gasteiger partial charge < -0.3 is 9.64 Å². The number of sulfonamides is 1. The average Bonchev–Trinajstić information content (AvgIpc) is 2.52. The van der Waals surface area contributed by atoms with Crippen LogP contribution in [-0.4, -0.2) is 55.0 Å². The molecule has 0 aliphatic heterocycles. The second-order valence-electron chi connectivity index (χ2n) is 6.50. The normalized spacial score (nSPS) is 11.7. The zero-order chi connectivity index (χ0) is 21.0. The Bertz CT molecular complexity index is 815. The first-order valence-corrected chi connectivity index (χ1v) is 9.09. The number of nitrogens with one attached hydrogen (secondary N) is 1. The summed E-state index contributed by atoms with van der Waals surface area (Å²) in [6, 6.07) is 2.09. The molecule has 1 aromatic carbocycles. The largest absolute Gasteiger partial charge is 0.444 e. The Labute approximate surface area is 155 Å². The Morgan fingerprint density at radius 2 is 1.63 bits per heavy atom. The van der Waals surface area contributed by atoms with Crippen LogP contribution in [0.1, 0.15) is 20.8 Å². The summed E-state index contributed by atoms with van der Waals surface area (Å²) in [4.78, 5) is 32.2. The van der Waals surface area contributed by atoms with Gasteiger partial charge in [0, 0.05) is 32.3 Å². The molecule has 12 nitrogen and oxygen atoms in total. The van der Waals surface area contributed by atoms with Crippen molar-refractivity contribution in [3.05, 3.63) is 38.4 Å². The first-order valence-electron chi connectivity index (χ1n) is 7.60. The Balaban J connectivity index is 2.88. The first-order chi connectivity index (χ1) is 12.2. The standard InChI is InChI=1S/C14H20N4O8S/c1-14(2,3)26-13(19)16(4)6-5-15-27(24,25)12-8-10(17(20)21)7-11(9-12)18(22)23/h7-9,15H,5-6H2,1-4H3. The number of ether oxygens (including phenoxy) is 1. The third kappa shape index (κ3) is 6.79. The van der Waals surface area contributed by atoms with E-state index in [1.54, 1.807) is 20.8 Å². The zero-order valence-corrected chi connectivity index (χ0v) is 16.0. The number of rotatable bonds is 7. The van der Waals surface area contributed by atoms with Crippen LogP contribution < -0.4 is 4.72 Å². The van der Waals surface area contributed by atoms with Crippen molar-refractivity contribution >= 4 is 27.5 Å². The molecule has 0 fully saturated rings. The second kappa shape index (κ2) is 8.26. The van der Waals surface area contributed by atoms with Gasteiger partial charge in [-0.15, -0.1) is 0 Å². The van der Waals surface area contributed by atoms with E-state index in [1.807, 2.05) is 0 Å². The molecule has 0 radical (unpaired) electrons. The van der Waals surface area contributed by atoms with Crippen LogP contribution >= 0.6 is 0 Å². The van der Waals surface area contributed by atoms with Crippen molar-refractivity contribution in [1.29, 1.82) is 0 Å². The molecule has 1 amide bonds. The van der Waals surface area contributed by atoms with Gasteiger partial charge in [-0.25, -0.2) is 17.9 Å². The number of amides is 1. The lowest BCUT2D eigenvalue weighted by atomic mass is 10.2. The number of nitro benzene ring substituents is 2. The Kier molecular flexibility index (Phi) is 6.81. The number of likely N-dealkylation sites (N-methyl/N-ethyl adjacent to an activating group) is 1. The van der Waals surface area contributed by atoms with E-state index in [2.05, 4.69) is 4.72 Å². The maximum Gasteiger partial charge on any atom is 0.410 e. The van der Waals surface area contributed by atoms with E-state index in [0.717, 1.165) is 4.90 Å². The fraction of sp³-hybridized carbons (Fsp3) is 0.500. The third-order valence-corrected chi connectivity index (χ3v) is 4.49. The maximum atomic E-state index is 12.3. The highest BCUT2D eigenvalue weighted by atomic mass is 32.2. The minimum Gasteiger partial charge on any atom is -0.444 e. The minimum atomic E-state index is -4.27. The van der Waals surface area contributed by atoms with Crippen molar-refractivity contribution in [2.45, 2.75) is 31.3 Å². The van der Waals surface area contributed by atoms with E-state index >= 15 is 0 Å². The SMILES string of the molecule is CN(CCNS(=O)(=O)c1cc([N+](=O)[O-])cc([N+](=O)[O-])c1)C(=O)OC(C)(C)C. The molecule has 1 rings (SSSR count). The van der Waals surface area contributed by atoms with Crippen LogP contribution in [0.15, 0.2) is 23.1 Å². The van der Waals surface area contributed by atoms with Crippen molar-refractivity contribution < 1.29 is 27.8 Å². The molecule has 0 aliphatic rings. The van der Waals surface area contributed by atoms with Crippen molar-refractivity contribution in [3.8, 4) is 0 Å². The number of nitro groups is 2. The maximum absolute atomic E-state index is 12.3. The molecule has 27 heavy (non-hydrogen) atoms.